The van der Waals surface area contributed by atoms with E-state index in [0.29, 0.717) is 23.5 Å². The molecule has 3 unspecified atom stereocenters. The van der Waals surface area contributed by atoms with Crippen LogP contribution in [0.2, 0.25) is 0 Å². The van der Waals surface area contributed by atoms with Crippen molar-refractivity contribution in [1.82, 2.24) is 9.55 Å². The Bertz CT molecular complexity index is 1020. The van der Waals surface area contributed by atoms with Gasteiger partial charge in [-0.2, -0.15) is 0 Å². The van der Waals surface area contributed by atoms with Gasteiger partial charge in [0.1, 0.15) is 36.5 Å². The predicted molar refractivity (Wildman–Crippen MR) is 120 cm³/mol. The zero-order chi connectivity index (χ0) is 23.1. The van der Waals surface area contributed by atoms with Gasteiger partial charge in [0.25, 0.3) is 0 Å². The number of aromatic nitrogens is 2. The van der Waals surface area contributed by atoms with E-state index in [0.717, 1.165) is 11.1 Å². The topological polar surface area (TPSA) is 114 Å². The molecule has 32 heavy (non-hydrogen) atoms. The van der Waals surface area contributed by atoms with Gasteiger partial charge in [-0.1, -0.05) is 42.5 Å². The highest BCUT2D eigenvalue weighted by molar-refractivity contribution is 5.71. The molecule has 2 aromatic carbocycles. The predicted octanol–water partition coefficient (Wildman–Crippen LogP) is 3.06. The molecule has 0 saturated heterocycles. The highest BCUT2D eigenvalue weighted by atomic mass is 19.1. The van der Waals surface area contributed by atoms with Gasteiger partial charge < -0.3 is 30.4 Å². The third-order valence-corrected chi connectivity index (χ3v) is 5.12. The number of hydrogen-bond acceptors (Lipinski definition) is 6. The number of aliphatic hydroxyl groups excluding tert-OH is 3. The molecule has 1 aromatic heterocycles. The molecule has 7 nitrogen and oxygen atoms in total. The third kappa shape index (κ3) is 5.41. The average Bonchev–Trinajstić information content (AvgIpc) is 3.31. The minimum Gasteiger partial charge on any atom is -0.490 e. The van der Waals surface area contributed by atoms with E-state index >= 15 is 0 Å². The second kappa shape index (κ2) is 11.0. The molecule has 1 heterocycles. The number of imidazole rings is 1. The number of halogens is 1. The number of ether oxygens (including phenoxy) is 1. The molecule has 3 aromatic rings. The molecule has 0 bridgehead atoms. The van der Waals surface area contributed by atoms with Crippen LogP contribution < -0.4 is 10.5 Å². The molecule has 0 aliphatic heterocycles. The van der Waals surface area contributed by atoms with Gasteiger partial charge in [-0.05, 0) is 30.2 Å². The fourth-order valence-electron chi connectivity index (χ4n) is 3.47. The van der Waals surface area contributed by atoms with Crippen molar-refractivity contribution in [2.75, 3.05) is 13.2 Å². The average molecular weight is 442 g/mol. The first-order chi connectivity index (χ1) is 15.5. The summed E-state index contributed by atoms with van der Waals surface area (Å²) in [5.74, 6) is 0.750. The number of rotatable bonds is 10. The Morgan fingerprint density at radius 3 is 2.56 bits per heavy atom. The minimum atomic E-state index is -1.17. The van der Waals surface area contributed by atoms with Gasteiger partial charge in [0.05, 0.1) is 12.4 Å². The van der Waals surface area contributed by atoms with Crippen molar-refractivity contribution < 1.29 is 24.4 Å². The van der Waals surface area contributed by atoms with Crippen LogP contribution in [0, 0.1) is 0 Å². The van der Waals surface area contributed by atoms with Gasteiger partial charge in [0, 0.05) is 24.5 Å². The normalized spacial score (nSPS) is 15.4. The Morgan fingerprint density at radius 2 is 1.91 bits per heavy atom. The summed E-state index contributed by atoms with van der Waals surface area (Å²) in [7, 11) is 0. The Morgan fingerprint density at radius 1 is 1.16 bits per heavy atom. The lowest BCUT2D eigenvalue weighted by Gasteiger charge is -2.25. The lowest BCUT2D eigenvalue weighted by molar-refractivity contribution is 0.112. The standard InChI is InChI=1S/C24H28FN3O4/c1-16(29)24-27-11-12-28(24)21(9-10-25)23(31)18-7-8-20(17-5-3-2-4-6-17)22(13-18)32-15-19(30)14-26/h2-13,16,19,21,23,29-31H,14-15,26H2,1H3/t16-,19?,21?,23?/m0/s1. The maximum atomic E-state index is 13.2. The zero-order valence-electron chi connectivity index (χ0n) is 17.8. The van der Waals surface area contributed by atoms with Crippen LogP contribution in [0.3, 0.4) is 0 Å². The Labute approximate surface area is 186 Å². The molecule has 170 valence electrons. The first-order valence-corrected chi connectivity index (χ1v) is 10.3. The van der Waals surface area contributed by atoms with E-state index in [1.54, 1.807) is 31.3 Å². The molecule has 0 aliphatic rings. The summed E-state index contributed by atoms with van der Waals surface area (Å²) in [4.78, 5) is 4.11. The molecule has 0 amide bonds. The van der Waals surface area contributed by atoms with Gasteiger partial charge in [-0.15, -0.1) is 0 Å². The van der Waals surface area contributed by atoms with Gasteiger partial charge in [-0.25, -0.2) is 9.37 Å². The number of hydrogen-bond donors (Lipinski definition) is 4. The molecular weight excluding hydrogens is 413 g/mol. The zero-order valence-corrected chi connectivity index (χ0v) is 17.8. The lowest BCUT2D eigenvalue weighted by Crippen LogP contribution is -2.26. The molecule has 0 fully saturated rings. The Hall–Kier alpha value is -3.04. The molecule has 0 spiro atoms. The highest BCUT2D eigenvalue weighted by Crippen LogP contribution is 2.36. The van der Waals surface area contributed by atoms with Crippen molar-refractivity contribution in [2.24, 2.45) is 5.73 Å². The van der Waals surface area contributed by atoms with Crippen LogP contribution in [-0.4, -0.2) is 44.1 Å². The van der Waals surface area contributed by atoms with Gasteiger partial charge >= 0.3 is 0 Å². The monoisotopic (exact) mass is 441 g/mol. The summed E-state index contributed by atoms with van der Waals surface area (Å²) in [6, 6.07) is 13.9. The smallest absolute Gasteiger partial charge is 0.137 e. The van der Waals surface area contributed by atoms with Crippen LogP contribution in [0.25, 0.3) is 11.1 Å². The second-order valence-corrected chi connectivity index (χ2v) is 7.44. The van der Waals surface area contributed by atoms with Gasteiger partial charge in [-0.3, -0.25) is 0 Å². The van der Waals surface area contributed by atoms with E-state index in [9.17, 15) is 19.7 Å². The van der Waals surface area contributed by atoms with Crippen molar-refractivity contribution in [2.45, 2.75) is 31.3 Å². The number of nitrogens with two attached hydrogens (primary N) is 1. The highest BCUT2D eigenvalue weighted by Gasteiger charge is 2.25. The number of nitrogens with zero attached hydrogens (tertiary/aromatic N) is 2. The molecule has 8 heteroatoms. The van der Waals surface area contributed by atoms with Crippen molar-refractivity contribution in [3.05, 3.63) is 84.7 Å². The van der Waals surface area contributed by atoms with Crippen LogP contribution in [0.5, 0.6) is 5.75 Å². The van der Waals surface area contributed by atoms with Crippen LogP contribution in [0.15, 0.2) is 73.3 Å². The number of benzene rings is 2. The van der Waals surface area contributed by atoms with Crippen LogP contribution >= 0.6 is 0 Å². The number of aliphatic hydroxyl groups is 3. The summed E-state index contributed by atoms with van der Waals surface area (Å²) in [6.07, 6.45) is 1.70. The maximum absolute atomic E-state index is 13.2. The van der Waals surface area contributed by atoms with E-state index in [-0.39, 0.29) is 13.2 Å². The van der Waals surface area contributed by atoms with Crippen LogP contribution in [0.4, 0.5) is 4.39 Å². The summed E-state index contributed by atoms with van der Waals surface area (Å²) in [6.45, 7) is 1.58. The van der Waals surface area contributed by atoms with Crippen molar-refractivity contribution in [3.63, 3.8) is 0 Å². The molecule has 0 saturated carbocycles. The van der Waals surface area contributed by atoms with E-state index in [2.05, 4.69) is 4.98 Å². The quantitative estimate of drug-likeness (QED) is 0.385. The summed E-state index contributed by atoms with van der Waals surface area (Å²) < 4.78 is 20.6. The van der Waals surface area contributed by atoms with Crippen LogP contribution in [0.1, 0.15) is 36.6 Å². The van der Waals surface area contributed by atoms with Crippen LogP contribution in [-0.2, 0) is 0 Å². The molecule has 0 radical (unpaired) electrons. The second-order valence-electron chi connectivity index (χ2n) is 7.44. The maximum Gasteiger partial charge on any atom is 0.137 e. The van der Waals surface area contributed by atoms with E-state index in [1.807, 2.05) is 30.3 Å². The van der Waals surface area contributed by atoms with Crippen molar-refractivity contribution in [1.29, 1.82) is 0 Å². The molecule has 4 atom stereocenters. The first kappa shape index (κ1) is 23.6. The molecular formula is C24H28FN3O4. The third-order valence-electron chi connectivity index (χ3n) is 5.12. The molecule has 3 rings (SSSR count). The summed E-state index contributed by atoms with van der Waals surface area (Å²) in [5, 5.41) is 30.9. The van der Waals surface area contributed by atoms with E-state index in [1.165, 1.54) is 16.8 Å². The fraction of sp³-hybridized carbons (Fsp3) is 0.292. The summed E-state index contributed by atoms with van der Waals surface area (Å²) >= 11 is 0. The van der Waals surface area contributed by atoms with Crippen molar-refractivity contribution >= 4 is 0 Å². The van der Waals surface area contributed by atoms with E-state index < -0.39 is 24.4 Å². The van der Waals surface area contributed by atoms with E-state index in [4.69, 9.17) is 10.5 Å². The largest absolute Gasteiger partial charge is 0.490 e. The van der Waals surface area contributed by atoms with Gasteiger partial charge in [0.15, 0.2) is 0 Å². The Balaban J connectivity index is 2.00. The fourth-order valence-corrected chi connectivity index (χ4v) is 3.47. The lowest BCUT2D eigenvalue weighted by atomic mass is 9.97. The molecule has 5 N–H and O–H groups in total. The first-order valence-electron chi connectivity index (χ1n) is 10.3. The summed E-state index contributed by atoms with van der Waals surface area (Å²) in [5.41, 5.74) is 7.63. The van der Waals surface area contributed by atoms with Crippen molar-refractivity contribution in [3.8, 4) is 16.9 Å². The Kier molecular flexibility index (Phi) is 8.13. The SMILES string of the molecule is C[C@H](O)c1nccn1C(C=CF)C(O)c1ccc(-c2ccccc2)c(OCC(O)CN)c1. The van der Waals surface area contributed by atoms with Gasteiger partial charge in [0.2, 0.25) is 0 Å². The minimum absolute atomic E-state index is 0.0165. The molecule has 0 aliphatic carbocycles.